The molecule has 90 valence electrons. The molecule has 17 heavy (non-hydrogen) atoms. The zero-order chi connectivity index (χ0) is 11.5. The molecule has 0 unspecified atom stereocenters. The summed E-state index contributed by atoms with van der Waals surface area (Å²) in [7, 11) is 0. The molecule has 0 heterocycles. The maximum absolute atomic E-state index is 5.77. The third-order valence-electron chi connectivity index (χ3n) is 2.68. The summed E-state index contributed by atoms with van der Waals surface area (Å²) in [5.74, 6) is 0. The minimum absolute atomic E-state index is 0. The molecule has 0 aliphatic carbocycles. The standard InChI is InChI=1S/C14H16N2.ClH/c1-10-2-4-11(5-3-10)8-12-6-7-13(15)14(16)9-12;/h2-7,9H,8,15-16H2,1H3;1H. The molecule has 0 atom stereocenters. The second kappa shape index (κ2) is 5.60. The average molecular weight is 249 g/mol. The normalized spacial score (nSPS) is 9.71. The maximum Gasteiger partial charge on any atom is 0.0550 e. The van der Waals surface area contributed by atoms with Crippen molar-refractivity contribution < 1.29 is 0 Å². The Morgan fingerprint density at radius 2 is 1.41 bits per heavy atom. The van der Waals surface area contributed by atoms with Crippen LogP contribution in [0.1, 0.15) is 16.7 Å². The largest absolute Gasteiger partial charge is 0.397 e. The highest BCUT2D eigenvalue weighted by Gasteiger charge is 1.99. The van der Waals surface area contributed by atoms with Gasteiger partial charge in [0.1, 0.15) is 0 Å². The second-order valence-electron chi connectivity index (χ2n) is 4.13. The van der Waals surface area contributed by atoms with E-state index in [-0.39, 0.29) is 12.4 Å². The highest BCUT2D eigenvalue weighted by molar-refractivity contribution is 5.85. The van der Waals surface area contributed by atoms with Crippen LogP contribution < -0.4 is 11.5 Å². The molecule has 0 bridgehead atoms. The van der Waals surface area contributed by atoms with Gasteiger partial charge in [-0.15, -0.1) is 12.4 Å². The summed E-state index contributed by atoms with van der Waals surface area (Å²) in [6.45, 7) is 2.09. The van der Waals surface area contributed by atoms with Gasteiger partial charge in [0.05, 0.1) is 11.4 Å². The summed E-state index contributed by atoms with van der Waals surface area (Å²) < 4.78 is 0. The summed E-state index contributed by atoms with van der Waals surface area (Å²) in [6, 6.07) is 14.3. The number of nitrogen functional groups attached to an aromatic ring is 2. The number of benzene rings is 2. The van der Waals surface area contributed by atoms with Crippen LogP contribution >= 0.6 is 12.4 Å². The molecule has 0 saturated carbocycles. The molecule has 0 radical (unpaired) electrons. The van der Waals surface area contributed by atoms with Gasteiger partial charge in [0.15, 0.2) is 0 Å². The third kappa shape index (κ3) is 3.40. The van der Waals surface area contributed by atoms with Crippen molar-refractivity contribution in [3.8, 4) is 0 Å². The smallest absolute Gasteiger partial charge is 0.0550 e. The van der Waals surface area contributed by atoms with Gasteiger partial charge < -0.3 is 11.5 Å². The van der Waals surface area contributed by atoms with Crippen molar-refractivity contribution in [1.82, 2.24) is 0 Å². The number of aryl methyl sites for hydroxylation is 1. The van der Waals surface area contributed by atoms with E-state index in [0.29, 0.717) is 11.4 Å². The minimum Gasteiger partial charge on any atom is -0.397 e. The molecule has 2 aromatic carbocycles. The Labute approximate surface area is 108 Å². The molecule has 0 amide bonds. The van der Waals surface area contributed by atoms with Gasteiger partial charge in [-0.05, 0) is 36.6 Å². The molecule has 3 heteroatoms. The summed E-state index contributed by atoms with van der Waals surface area (Å²) in [4.78, 5) is 0. The van der Waals surface area contributed by atoms with Crippen LogP contribution in [0.15, 0.2) is 42.5 Å². The lowest BCUT2D eigenvalue weighted by Crippen LogP contribution is -1.96. The maximum atomic E-state index is 5.77. The number of hydrogen-bond acceptors (Lipinski definition) is 2. The van der Waals surface area contributed by atoms with Crippen LogP contribution in [0.5, 0.6) is 0 Å². The lowest BCUT2D eigenvalue weighted by molar-refractivity contribution is 1.19. The molecular weight excluding hydrogens is 232 g/mol. The molecule has 2 rings (SSSR count). The van der Waals surface area contributed by atoms with Crippen molar-refractivity contribution in [2.75, 3.05) is 11.5 Å². The predicted octanol–water partition coefficient (Wildman–Crippen LogP) is 3.17. The molecule has 0 saturated heterocycles. The number of rotatable bonds is 2. The zero-order valence-electron chi connectivity index (χ0n) is 9.81. The van der Waals surface area contributed by atoms with E-state index in [0.717, 1.165) is 6.42 Å². The Morgan fingerprint density at radius 3 is 2.00 bits per heavy atom. The SMILES string of the molecule is Cc1ccc(Cc2ccc(N)c(N)c2)cc1.Cl. The third-order valence-corrected chi connectivity index (χ3v) is 2.68. The second-order valence-corrected chi connectivity index (χ2v) is 4.13. The highest BCUT2D eigenvalue weighted by Crippen LogP contribution is 2.18. The van der Waals surface area contributed by atoms with E-state index in [1.807, 2.05) is 18.2 Å². The monoisotopic (exact) mass is 248 g/mol. The first-order valence-electron chi connectivity index (χ1n) is 5.34. The quantitative estimate of drug-likeness (QED) is 0.802. The van der Waals surface area contributed by atoms with Gasteiger partial charge in [-0.1, -0.05) is 35.9 Å². The Morgan fingerprint density at radius 1 is 0.824 bits per heavy atom. The Balaban J connectivity index is 0.00000144. The first kappa shape index (κ1) is 13.4. The molecule has 0 spiro atoms. The van der Waals surface area contributed by atoms with Crippen molar-refractivity contribution >= 4 is 23.8 Å². The molecule has 2 aromatic rings. The van der Waals surface area contributed by atoms with E-state index < -0.39 is 0 Å². The van der Waals surface area contributed by atoms with Crippen LogP contribution in [0.3, 0.4) is 0 Å². The first-order valence-corrected chi connectivity index (χ1v) is 5.34. The van der Waals surface area contributed by atoms with Gasteiger partial charge >= 0.3 is 0 Å². The van der Waals surface area contributed by atoms with Crippen LogP contribution in [0.4, 0.5) is 11.4 Å². The zero-order valence-corrected chi connectivity index (χ0v) is 10.6. The Kier molecular flexibility index (Phi) is 4.41. The van der Waals surface area contributed by atoms with Gasteiger partial charge in [0.2, 0.25) is 0 Å². The van der Waals surface area contributed by atoms with Crippen molar-refractivity contribution in [1.29, 1.82) is 0 Å². The van der Waals surface area contributed by atoms with E-state index in [1.165, 1.54) is 16.7 Å². The van der Waals surface area contributed by atoms with Crippen molar-refractivity contribution in [3.05, 3.63) is 59.2 Å². The van der Waals surface area contributed by atoms with Gasteiger partial charge in [-0.2, -0.15) is 0 Å². The molecule has 0 aromatic heterocycles. The molecular formula is C14H17ClN2. The van der Waals surface area contributed by atoms with E-state index >= 15 is 0 Å². The Hall–Kier alpha value is -1.67. The Bertz CT molecular complexity index is 492. The number of nitrogens with two attached hydrogens (primary N) is 2. The van der Waals surface area contributed by atoms with Crippen LogP contribution in [-0.4, -0.2) is 0 Å². The van der Waals surface area contributed by atoms with E-state index in [4.69, 9.17) is 11.5 Å². The van der Waals surface area contributed by atoms with Gasteiger partial charge in [0, 0.05) is 0 Å². The summed E-state index contributed by atoms with van der Waals surface area (Å²) in [5, 5.41) is 0. The summed E-state index contributed by atoms with van der Waals surface area (Å²) >= 11 is 0. The number of halogens is 1. The van der Waals surface area contributed by atoms with Crippen molar-refractivity contribution in [3.63, 3.8) is 0 Å². The molecule has 4 N–H and O–H groups in total. The average Bonchev–Trinajstić information content (AvgIpc) is 2.27. The highest BCUT2D eigenvalue weighted by atomic mass is 35.5. The van der Waals surface area contributed by atoms with E-state index in [9.17, 15) is 0 Å². The molecule has 0 aliphatic heterocycles. The summed E-state index contributed by atoms with van der Waals surface area (Å²) in [6.07, 6.45) is 0.894. The van der Waals surface area contributed by atoms with Crippen LogP contribution in [0.2, 0.25) is 0 Å². The van der Waals surface area contributed by atoms with E-state index in [1.54, 1.807) is 0 Å². The van der Waals surface area contributed by atoms with Gasteiger partial charge in [-0.3, -0.25) is 0 Å². The van der Waals surface area contributed by atoms with Crippen LogP contribution in [-0.2, 0) is 6.42 Å². The molecule has 0 aliphatic rings. The fraction of sp³-hybridized carbons (Fsp3) is 0.143. The molecule has 2 nitrogen and oxygen atoms in total. The number of anilines is 2. The fourth-order valence-corrected chi connectivity index (χ4v) is 1.68. The first-order chi connectivity index (χ1) is 7.65. The van der Waals surface area contributed by atoms with Crippen molar-refractivity contribution in [2.24, 2.45) is 0 Å². The number of hydrogen-bond donors (Lipinski definition) is 2. The fourth-order valence-electron chi connectivity index (χ4n) is 1.68. The van der Waals surface area contributed by atoms with Crippen LogP contribution in [0.25, 0.3) is 0 Å². The van der Waals surface area contributed by atoms with Crippen LogP contribution in [0, 0.1) is 6.92 Å². The van der Waals surface area contributed by atoms with Crippen molar-refractivity contribution in [2.45, 2.75) is 13.3 Å². The molecule has 0 fully saturated rings. The van der Waals surface area contributed by atoms with Gasteiger partial charge in [-0.25, -0.2) is 0 Å². The lowest BCUT2D eigenvalue weighted by Gasteiger charge is -2.05. The van der Waals surface area contributed by atoms with E-state index in [2.05, 4.69) is 31.2 Å². The van der Waals surface area contributed by atoms with Gasteiger partial charge in [0.25, 0.3) is 0 Å². The minimum atomic E-state index is 0. The summed E-state index contributed by atoms with van der Waals surface area (Å²) in [5.41, 5.74) is 16.5. The predicted molar refractivity (Wildman–Crippen MR) is 76.5 cm³/mol. The lowest BCUT2D eigenvalue weighted by atomic mass is 10.0. The topological polar surface area (TPSA) is 52.0 Å².